The third kappa shape index (κ3) is 8.60. The van der Waals surface area contributed by atoms with E-state index in [0.29, 0.717) is 35.1 Å². The molecule has 9 heteroatoms. The van der Waals surface area contributed by atoms with Crippen LogP contribution in [-0.4, -0.2) is 60.6 Å². The number of methoxy groups -OCH3 is 1. The van der Waals surface area contributed by atoms with Gasteiger partial charge in [-0.3, -0.25) is 0 Å². The highest BCUT2D eigenvalue weighted by Crippen LogP contribution is 2.33. The van der Waals surface area contributed by atoms with Gasteiger partial charge in [-0.25, -0.2) is 9.59 Å². The van der Waals surface area contributed by atoms with Crippen molar-refractivity contribution >= 4 is 23.7 Å². The molecule has 1 amide bonds. The van der Waals surface area contributed by atoms with Crippen LogP contribution in [-0.2, 0) is 20.7 Å². The van der Waals surface area contributed by atoms with E-state index in [1.165, 1.54) is 12.0 Å². The van der Waals surface area contributed by atoms with Crippen LogP contribution in [0.15, 0.2) is 42.5 Å². The van der Waals surface area contributed by atoms with Gasteiger partial charge in [0.25, 0.3) is 0 Å². The topological polar surface area (TPSA) is 94.5 Å². The number of amides is 1. The minimum Gasteiger partial charge on any atom is -0.485 e. The third-order valence-corrected chi connectivity index (χ3v) is 5.32. The summed E-state index contributed by atoms with van der Waals surface area (Å²) >= 11 is 6.04. The lowest BCUT2D eigenvalue weighted by atomic mass is 10.1. The summed E-state index contributed by atoms with van der Waals surface area (Å²) in [6.07, 6.45) is -1.77. The highest BCUT2D eigenvalue weighted by atomic mass is 35.5. The molecule has 2 atom stereocenters. The van der Waals surface area contributed by atoms with Gasteiger partial charge < -0.3 is 29.0 Å². The van der Waals surface area contributed by atoms with Crippen molar-refractivity contribution in [2.75, 3.05) is 26.8 Å². The molecule has 0 spiro atoms. The Morgan fingerprint density at radius 2 is 1.89 bits per heavy atom. The summed E-state index contributed by atoms with van der Waals surface area (Å²) in [5, 5.41) is 11.2. The van der Waals surface area contributed by atoms with Crippen LogP contribution in [0.3, 0.4) is 0 Å². The van der Waals surface area contributed by atoms with Gasteiger partial charge in [0, 0.05) is 11.6 Å². The molecule has 2 aromatic rings. The summed E-state index contributed by atoms with van der Waals surface area (Å²) in [6.45, 7) is 9.77. The smallest absolute Gasteiger partial charge is 0.410 e. The molecule has 0 aliphatic carbocycles. The molecule has 36 heavy (non-hydrogen) atoms. The lowest BCUT2D eigenvalue weighted by Gasteiger charge is -2.29. The number of ether oxygens (including phenoxy) is 4. The fourth-order valence-corrected chi connectivity index (χ4v) is 3.59. The quantitative estimate of drug-likeness (QED) is 0.501. The summed E-state index contributed by atoms with van der Waals surface area (Å²) < 4.78 is 21.6. The van der Waals surface area contributed by atoms with Crippen molar-refractivity contribution < 1.29 is 33.6 Å². The van der Waals surface area contributed by atoms with Crippen LogP contribution in [0, 0.1) is 0 Å². The number of rotatable bonds is 7. The molecule has 3 rings (SSSR count). The van der Waals surface area contributed by atoms with E-state index in [1.807, 2.05) is 26.0 Å². The third-order valence-electron chi connectivity index (χ3n) is 5.08. The maximum absolute atomic E-state index is 12.9. The predicted octanol–water partition coefficient (Wildman–Crippen LogP) is 5.19. The van der Waals surface area contributed by atoms with Gasteiger partial charge in [-0.15, -0.1) is 0 Å². The van der Waals surface area contributed by atoms with Crippen LogP contribution in [0.5, 0.6) is 11.5 Å². The van der Waals surface area contributed by atoms with E-state index in [-0.39, 0.29) is 13.2 Å². The standard InChI is InChI=1S/C25H30ClNO7.C2H6/c1-25(2,3)34-24(30)27(14-19(28)17-6-5-7-18(26)13-17)11-10-16-8-9-20-21(12-16)32-15-22(33-20)23(29)31-4;1-2/h5-9,12-13,19,22,28H,10-11,14-15H2,1-4H3;1-2H3/t19-,22?;/m0./s1. The van der Waals surface area contributed by atoms with Gasteiger partial charge in [0.05, 0.1) is 19.8 Å². The molecule has 0 bridgehead atoms. The first-order valence-corrected chi connectivity index (χ1v) is 12.3. The van der Waals surface area contributed by atoms with Gasteiger partial charge in [-0.2, -0.15) is 0 Å². The van der Waals surface area contributed by atoms with Crippen LogP contribution in [0.4, 0.5) is 4.79 Å². The Balaban J connectivity index is 0.00000222. The van der Waals surface area contributed by atoms with Crippen LogP contribution in [0.25, 0.3) is 0 Å². The molecular weight excluding hydrogens is 486 g/mol. The highest BCUT2D eigenvalue weighted by molar-refractivity contribution is 6.30. The Morgan fingerprint density at radius 3 is 2.53 bits per heavy atom. The number of aliphatic hydroxyl groups excluding tert-OH is 1. The molecule has 0 saturated heterocycles. The Bertz CT molecular complexity index is 1020. The van der Waals surface area contributed by atoms with Crippen molar-refractivity contribution in [1.29, 1.82) is 0 Å². The molecule has 0 fully saturated rings. The fourth-order valence-electron chi connectivity index (χ4n) is 3.39. The van der Waals surface area contributed by atoms with Crippen molar-refractivity contribution in [1.82, 2.24) is 4.90 Å². The van der Waals surface area contributed by atoms with Crippen molar-refractivity contribution in [3.05, 3.63) is 58.6 Å². The number of carbonyl (C=O) groups excluding carboxylic acids is 2. The average Bonchev–Trinajstić information content (AvgIpc) is 2.85. The predicted molar refractivity (Wildman–Crippen MR) is 138 cm³/mol. The van der Waals surface area contributed by atoms with Gasteiger partial charge in [-0.05, 0) is 62.6 Å². The SMILES string of the molecule is CC.COC(=O)C1COc2cc(CCN(C[C@H](O)c3cccc(Cl)c3)C(=O)OC(C)(C)C)ccc2O1. The number of benzene rings is 2. The van der Waals surface area contributed by atoms with E-state index in [1.54, 1.807) is 51.1 Å². The molecule has 1 unspecified atom stereocenters. The summed E-state index contributed by atoms with van der Waals surface area (Å²) in [7, 11) is 1.30. The van der Waals surface area contributed by atoms with Gasteiger partial charge in [0.1, 0.15) is 12.2 Å². The molecule has 0 saturated carbocycles. The van der Waals surface area contributed by atoms with Gasteiger partial charge in [0.2, 0.25) is 6.10 Å². The summed E-state index contributed by atoms with van der Waals surface area (Å²) in [6, 6.07) is 12.3. The van der Waals surface area contributed by atoms with E-state index in [0.717, 1.165) is 5.56 Å². The van der Waals surface area contributed by atoms with Crippen molar-refractivity contribution in [3.63, 3.8) is 0 Å². The zero-order valence-electron chi connectivity index (χ0n) is 21.7. The summed E-state index contributed by atoms with van der Waals surface area (Å²) in [5.74, 6) is 0.465. The van der Waals surface area contributed by atoms with Crippen LogP contribution in [0.1, 0.15) is 51.8 Å². The molecule has 198 valence electrons. The molecule has 1 aliphatic rings. The van der Waals surface area contributed by atoms with Crippen molar-refractivity contribution in [3.8, 4) is 11.5 Å². The maximum Gasteiger partial charge on any atom is 0.410 e. The number of aliphatic hydroxyl groups is 1. The van der Waals surface area contributed by atoms with Crippen LogP contribution < -0.4 is 9.47 Å². The van der Waals surface area contributed by atoms with E-state index < -0.39 is 29.9 Å². The first-order chi connectivity index (χ1) is 17.1. The Morgan fingerprint density at radius 1 is 1.17 bits per heavy atom. The largest absolute Gasteiger partial charge is 0.485 e. The summed E-state index contributed by atoms with van der Waals surface area (Å²) in [5.41, 5.74) is 0.828. The Labute approximate surface area is 218 Å². The van der Waals surface area contributed by atoms with Crippen LogP contribution in [0.2, 0.25) is 5.02 Å². The van der Waals surface area contributed by atoms with Gasteiger partial charge in [0.15, 0.2) is 11.5 Å². The van der Waals surface area contributed by atoms with Crippen LogP contribution >= 0.6 is 11.6 Å². The molecule has 1 N–H and O–H groups in total. The molecule has 0 radical (unpaired) electrons. The number of halogens is 1. The molecule has 0 aromatic heterocycles. The summed E-state index contributed by atoms with van der Waals surface area (Å²) in [4.78, 5) is 26.0. The lowest BCUT2D eigenvalue weighted by Crippen LogP contribution is -2.40. The van der Waals surface area contributed by atoms with Crippen molar-refractivity contribution in [2.45, 2.75) is 58.8 Å². The van der Waals surface area contributed by atoms with E-state index in [9.17, 15) is 14.7 Å². The van der Waals surface area contributed by atoms with E-state index >= 15 is 0 Å². The molecule has 2 aromatic carbocycles. The number of hydrogen-bond acceptors (Lipinski definition) is 7. The first kappa shape index (κ1) is 29.3. The normalized spacial score (nSPS) is 15.2. The monoisotopic (exact) mass is 521 g/mol. The second-order valence-electron chi connectivity index (χ2n) is 8.97. The maximum atomic E-state index is 12.9. The number of hydrogen-bond donors (Lipinski definition) is 1. The van der Waals surface area contributed by atoms with E-state index in [4.69, 9.17) is 30.5 Å². The Hall–Kier alpha value is -2.97. The second-order valence-corrected chi connectivity index (χ2v) is 9.41. The second kappa shape index (κ2) is 13.4. The number of fused-ring (bicyclic) bond motifs is 1. The number of carbonyl (C=O) groups is 2. The minimum absolute atomic E-state index is 0.0423. The zero-order valence-corrected chi connectivity index (χ0v) is 22.5. The number of esters is 1. The lowest BCUT2D eigenvalue weighted by molar-refractivity contribution is -0.151. The van der Waals surface area contributed by atoms with Gasteiger partial charge >= 0.3 is 12.1 Å². The highest BCUT2D eigenvalue weighted by Gasteiger charge is 2.29. The minimum atomic E-state index is -0.929. The first-order valence-electron chi connectivity index (χ1n) is 12.0. The molecule has 1 aliphatic heterocycles. The molecular formula is C27H36ClNO7. The fraction of sp³-hybridized carbons (Fsp3) is 0.481. The zero-order chi connectivity index (χ0) is 26.9. The Kier molecular flexibility index (Phi) is 10.9. The van der Waals surface area contributed by atoms with Crippen molar-refractivity contribution in [2.24, 2.45) is 0 Å². The van der Waals surface area contributed by atoms with Gasteiger partial charge in [-0.1, -0.05) is 43.6 Å². The average molecular weight is 522 g/mol. The number of nitrogens with zero attached hydrogens (tertiary/aromatic N) is 1. The molecule has 1 heterocycles. The molecule has 8 nitrogen and oxygen atoms in total. The van der Waals surface area contributed by atoms with E-state index in [2.05, 4.69) is 0 Å².